The van der Waals surface area contributed by atoms with Gasteiger partial charge in [-0.2, -0.15) is 5.10 Å². The Kier molecular flexibility index (Phi) is 6.13. The minimum absolute atomic E-state index is 0.0134. The van der Waals surface area contributed by atoms with Gasteiger partial charge in [0.25, 0.3) is 0 Å². The number of nitrogens with zero attached hydrogens (tertiary/aromatic N) is 2. The maximum absolute atomic E-state index is 12.2. The van der Waals surface area contributed by atoms with Crippen LogP contribution in [0.4, 0.5) is 5.82 Å². The number of rotatable bonds is 7. The molecule has 25 heavy (non-hydrogen) atoms. The van der Waals surface area contributed by atoms with E-state index in [2.05, 4.69) is 21.9 Å². The summed E-state index contributed by atoms with van der Waals surface area (Å²) in [6.45, 7) is 0.466. The molecule has 7 heteroatoms. The lowest BCUT2D eigenvalue weighted by Gasteiger charge is -2.10. The number of thiophene rings is 1. The SMILES string of the molecule is O=C(CCCc1cccs1)Nc1ccnn1Cc1ccc(Cl)cc1Cl. The van der Waals surface area contributed by atoms with Crippen LogP contribution in [0, 0.1) is 0 Å². The van der Waals surface area contributed by atoms with Crippen LogP contribution in [0.2, 0.25) is 10.0 Å². The first-order valence-electron chi connectivity index (χ1n) is 7.90. The Morgan fingerprint density at radius 2 is 2.12 bits per heavy atom. The quantitative estimate of drug-likeness (QED) is 0.594. The Balaban J connectivity index is 1.56. The zero-order chi connectivity index (χ0) is 17.6. The first-order chi connectivity index (χ1) is 12.1. The lowest BCUT2D eigenvalue weighted by molar-refractivity contribution is -0.116. The molecular weight excluding hydrogens is 377 g/mol. The Labute approximate surface area is 160 Å². The highest BCUT2D eigenvalue weighted by atomic mass is 35.5. The van der Waals surface area contributed by atoms with E-state index in [4.69, 9.17) is 23.2 Å². The first kappa shape index (κ1) is 18.0. The van der Waals surface area contributed by atoms with Gasteiger partial charge < -0.3 is 5.32 Å². The summed E-state index contributed by atoms with van der Waals surface area (Å²) in [6, 6.07) is 11.2. The standard InChI is InChI=1S/C18H17Cl2N3OS/c19-14-7-6-13(16(20)11-14)12-23-17(8-9-21-23)22-18(24)5-1-3-15-4-2-10-25-15/h2,4,6-11H,1,3,5,12H2,(H,22,24). The van der Waals surface area contributed by atoms with E-state index in [1.165, 1.54) is 4.88 Å². The van der Waals surface area contributed by atoms with Crippen molar-refractivity contribution < 1.29 is 4.79 Å². The van der Waals surface area contributed by atoms with Gasteiger partial charge in [-0.1, -0.05) is 35.3 Å². The van der Waals surface area contributed by atoms with Crippen molar-refractivity contribution in [1.29, 1.82) is 0 Å². The topological polar surface area (TPSA) is 46.9 Å². The van der Waals surface area contributed by atoms with Crippen molar-refractivity contribution in [3.05, 3.63) is 68.5 Å². The van der Waals surface area contributed by atoms with Gasteiger partial charge in [0.05, 0.1) is 12.7 Å². The van der Waals surface area contributed by atoms with E-state index < -0.39 is 0 Å². The van der Waals surface area contributed by atoms with Crippen molar-refractivity contribution in [2.24, 2.45) is 0 Å². The van der Waals surface area contributed by atoms with E-state index in [1.807, 2.05) is 12.1 Å². The predicted molar refractivity (Wildman–Crippen MR) is 104 cm³/mol. The molecule has 2 aromatic heterocycles. The number of hydrogen-bond donors (Lipinski definition) is 1. The molecule has 0 saturated carbocycles. The maximum atomic E-state index is 12.2. The van der Waals surface area contributed by atoms with Crippen LogP contribution in [0.3, 0.4) is 0 Å². The minimum atomic E-state index is -0.0134. The Morgan fingerprint density at radius 1 is 1.24 bits per heavy atom. The highest BCUT2D eigenvalue weighted by Crippen LogP contribution is 2.22. The molecule has 130 valence electrons. The van der Waals surface area contributed by atoms with Crippen LogP contribution < -0.4 is 5.32 Å². The molecule has 0 aliphatic rings. The zero-order valence-electron chi connectivity index (χ0n) is 13.4. The van der Waals surface area contributed by atoms with Crippen LogP contribution in [-0.2, 0) is 17.8 Å². The summed E-state index contributed by atoms with van der Waals surface area (Å²) in [6.07, 6.45) is 3.88. The number of carbonyl (C=O) groups is 1. The fraction of sp³-hybridized carbons (Fsp3) is 0.222. The maximum Gasteiger partial charge on any atom is 0.225 e. The molecule has 2 heterocycles. The van der Waals surface area contributed by atoms with Gasteiger partial charge in [0.2, 0.25) is 5.91 Å². The van der Waals surface area contributed by atoms with Gasteiger partial charge in [-0.3, -0.25) is 4.79 Å². The number of carbonyl (C=O) groups excluding carboxylic acids is 1. The third-order valence-corrected chi connectivity index (χ3v) is 5.25. The van der Waals surface area contributed by atoms with E-state index in [-0.39, 0.29) is 5.91 Å². The molecular formula is C18H17Cl2N3OS. The molecule has 1 N–H and O–H groups in total. The average molecular weight is 394 g/mol. The van der Waals surface area contributed by atoms with Crippen LogP contribution >= 0.6 is 34.5 Å². The molecule has 1 aromatic carbocycles. The van der Waals surface area contributed by atoms with E-state index in [1.54, 1.807) is 40.4 Å². The minimum Gasteiger partial charge on any atom is -0.311 e. The van der Waals surface area contributed by atoms with Gasteiger partial charge in [0.15, 0.2) is 0 Å². The molecule has 0 aliphatic heterocycles. The third kappa shape index (κ3) is 5.08. The fourth-order valence-corrected chi connectivity index (χ4v) is 3.68. The molecule has 3 aromatic rings. The molecule has 3 rings (SSSR count). The lowest BCUT2D eigenvalue weighted by Crippen LogP contribution is -2.16. The third-order valence-electron chi connectivity index (χ3n) is 3.73. The second-order valence-electron chi connectivity index (χ2n) is 5.59. The number of hydrogen-bond acceptors (Lipinski definition) is 3. The molecule has 1 amide bonds. The summed E-state index contributed by atoms with van der Waals surface area (Å²) in [5.74, 6) is 0.646. The second-order valence-corrected chi connectivity index (χ2v) is 7.47. The number of amides is 1. The van der Waals surface area contributed by atoms with Crippen LogP contribution in [0.25, 0.3) is 0 Å². The summed E-state index contributed by atoms with van der Waals surface area (Å²) < 4.78 is 1.71. The van der Waals surface area contributed by atoms with Crippen molar-refractivity contribution in [1.82, 2.24) is 9.78 Å². The molecule has 0 atom stereocenters. The molecule has 0 fully saturated rings. The summed E-state index contributed by atoms with van der Waals surface area (Å²) in [7, 11) is 0. The fourth-order valence-electron chi connectivity index (χ4n) is 2.46. The second kappa shape index (κ2) is 8.52. The van der Waals surface area contributed by atoms with Crippen LogP contribution in [0.5, 0.6) is 0 Å². The molecule has 0 aliphatic carbocycles. The molecule has 0 unspecified atom stereocenters. The van der Waals surface area contributed by atoms with E-state index >= 15 is 0 Å². The summed E-state index contributed by atoms with van der Waals surface area (Å²) in [4.78, 5) is 13.5. The Hall–Kier alpha value is -1.82. The van der Waals surface area contributed by atoms with Crippen LogP contribution in [-0.4, -0.2) is 15.7 Å². The summed E-state index contributed by atoms with van der Waals surface area (Å²) in [5.41, 5.74) is 0.892. The van der Waals surface area contributed by atoms with Crippen molar-refractivity contribution in [3.63, 3.8) is 0 Å². The number of nitrogens with one attached hydrogen (secondary N) is 1. The van der Waals surface area contributed by atoms with E-state index in [0.29, 0.717) is 28.8 Å². The van der Waals surface area contributed by atoms with Crippen LogP contribution in [0.1, 0.15) is 23.3 Å². The van der Waals surface area contributed by atoms with Crippen LogP contribution in [0.15, 0.2) is 48.0 Å². The lowest BCUT2D eigenvalue weighted by atomic mass is 10.2. The van der Waals surface area contributed by atoms with Gasteiger partial charge in [-0.15, -0.1) is 11.3 Å². The normalized spacial score (nSPS) is 10.8. The summed E-state index contributed by atoms with van der Waals surface area (Å²) in [5, 5.41) is 10.4. The first-order valence-corrected chi connectivity index (χ1v) is 9.53. The van der Waals surface area contributed by atoms with Gasteiger partial charge in [0.1, 0.15) is 5.82 Å². The molecule has 4 nitrogen and oxygen atoms in total. The zero-order valence-corrected chi connectivity index (χ0v) is 15.7. The largest absolute Gasteiger partial charge is 0.311 e. The van der Waals surface area contributed by atoms with Crippen molar-refractivity contribution in [3.8, 4) is 0 Å². The number of halogens is 2. The highest BCUT2D eigenvalue weighted by molar-refractivity contribution is 7.09. The van der Waals surface area contributed by atoms with Gasteiger partial charge in [-0.05, 0) is 42.0 Å². The van der Waals surface area contributed by atoms with Crippen molar-refractivity contribution in [2.45, 2.75) is 25.8 Å². The molecule has 0 bridgehead atoms. The van der Waals surface area contributed by atoms with Gasteiger partial charge >= 0.3 is 0 Å². The molecule has 0 spiro atoms. The average Bonchev–Trinajstić information content (AvgIpc) is 3.22. The highest BCUT2D eigenvalue weighted by Gasteiger charge is 2.10. The predicted octanol–water partition coefficient (Wildman–Crippen LogP) is 5.26. The number of aryl methyl sites for hydroxylation is 1. The molecule has 0 radical (unpaired) electrons. The monoisotopic (exact) mass is 393 g/mol. The number of aromatic nitrogens is 2. The van der Waals surface area contributed by atoms with Gasteiger partial charge in [-0.25, -0.2) is 4.68 Å². The van der Waals surface area contributed by atoms with Crippen molar-refractivity contribution >= 4 is 46.3 Å². The van der Waals surface area contributed by atoms with Gasteiger partial charge in [0, 0.05) is 27.4 Å². The smallest absolute Gasteiger partial charge is 0.225 e. The van der Waals surface area contributed by atoms with E-state index in [9.17, 15) is 4.79 Å². The molecule has 0 saturated heterocycles. The van der Waals surface area contributed by atoms with Crippen molar-refractivity contribution in [2.75, 3.05) is 5.32 Å². The Bertz CT molecular complexity index is 846. The summed E-state index contributed by atoms with van der Waals surface area (Å²) >= 11 is 13.8. The number of anilines is 1. The van der Waals surface area contributed by atoms with E-state index in [0.717, 1.165) is 18.4 Å². The Morgan fingerprint density at radius 3 is 2.88 bits per heavy atom. The number of benzene rings is 1.